The number of anilines is 2. The molecule has 162 valence electrons. The Labute approximate surface area is 191 Å². The van der Waals surface area contributed by atoms with Crippen LogP contribution in [0.1, 0.15) is 42.6 Å². The van der Waals surface area contributed by atoms with Crippen LogP contribution >= 0.6 is 23.2 Å². The molecule has 3 rings (SSSR count). The van der Waals surface area contributed by atoms with Crippen LogP contribution in [0, 0.1) is 6.92 Å². The largest absolute Gasteiger partial charge is 0.335 e. The highest BCUT2D eigenvalue weighted by Gasteiger charge is 2.18. The number of fused-ring (bicyclic) bond motifs is 1. The number of nitrogens with one attached hydrogen (secondary N) is 3. The maximum Gasteiger partial charge on any atom is 0.319 e. The lowest BCUT2D eigenvalue weighted by atomic mass is 10.1. The van der Waals surface area contributed by atoms with Crippen molar-refractivity contribution >= 4 is 57.4 Å². The molecule has 0 atom stereocenters. The van der Waals surface area contributed by atoms with Crippen molar-refractivity contribution in [3.8, 4) is 0 Å². The van der Waals surface area contributed by atoms with Crippen LogP contribution in [0.25, 0.3) is 10.9 Å². The fraction of sp³-hybridized carbons (Fsp3) is 0.261. The maximum atomic E-state index is 12.8. The van der Waals surface area contributed by atoms with Crippen LogP contribution in [0.5, 0.6) is 0 Å². The lowest BCUT2D eigenvalue weighted by molar-refractivity contribution is 0.102. The molecule has 0 saturated carbocycles. The first-order valence-corrected chi connectivity index (χ1v) is 10.8. The van der Waals surface area contributed by atoms with E-state index >= 15 is 0 Å². The molecule has 1 aromatic heterocycles. The number of para-hydroxylation sites is 1. The van der Waals surface area contributed by atoms with E-state index < -0.39 is 5.91 Å². The SMILES string of the molecule is CCC(CC)NC(=O)Nc1c(C)cnc2c(NC(=O)c3c(Cl)cccc3Cl)cccc12. The molecule has 8 heteroatoms. The van der Waals surface area contributed by atoms with E-state index in [1.807, 2.05) is 26.8 Å². The van der Waals surface area contributed by atoms with E-state index in [0.29, 0.717) is 22.3 Å². The second kappa shape index (κ2) is 9.98. The normalized spacial score (nSPS) is 10.9. The van der Waals surface area contributed by atoms with Gasteiger partial charge in [-0.15, -0.1) is 0 Å². The summed E-state index contributed by atoms with van der Waals surface area (Å²) >= 11 is 12.3. The molecule has 0 saturated heterocycles. The lowest BCUT2D eigenvalue weighted by Gasteiger charge is -2.18. The van der Waals surface area contributed by atoms with Crippen molar-refractivity contribution in [1.29, 1.82) is 0 Å². The number of carbonyl (C=O) groups is 2. The van der Waals surface area contributed by atoms with Crippen LogP contribution in [0.3, 0.4) is 0 Å². The van der Waals surface area contributed by atoms with Gasteiger partial charge in [-0.1, -0.05) is 55.2 Å². The molecule has 0 aliphatic carbocycles. The molecule has 6 nitrogen and oxygen atoms in total. The molecule has 0 unspecified atom stereocenters. The van der Waals surface area contributed by atoms with Gasteiger partial charge in [-0.2, -0.15) is 0 Å². The Kier molecular flexibility index (Phi) is 7.36. The van der Waals surface area contributed by atoms with E-state index in [1.165, 1.54) is 0 Å². The molecule has 3 aromatic rings. The third-order valence-corrected chi connectivity index (χ3v) is 5.71. The summed E-state index contributed by atoms with van der Waals surface area (Å²) < 4.78 is 0. The third-order valence-electron chi connectivity index (χ3n) is 5.08. The molecule has 1 heterocycles. The number of pyridine rings is 1. The van der Waals surface area contributed by atoms with Gasteiger partial charge in [0.05, 0.1) is 32.5 Å². The first-order chi connectivity index (χ1) is 14.8. The zero-order valence-corrected chi connectivity index (χ0v) is 19.1. The van der Waals surface area contributed by atoms with Crippen molar-refractivity contribution in [1.82, 2.24) is 10.3 Å². The van der Waals surface area contributed by atoms with E-state index in [4.69, 9.17) is 23.2 Å². The van der Waals surface area contributed by atoms with Crippen LogP contribution in [0.4, 0.5) is 16.2 Å². The molecule has 0 spiro atoms. The number of benzene rings is 2. The minimum Gasteiger partial charge on any atom is -0.335 e. The Balaban J connectivity index is 1.94. The molecule has 31 heavy (non-hydrogen) atoms. The monoisotopic (exact) mass is 458 g/mol. The van der Waals surface area contributed by atoms with Crippen LogP contribution < -0.4 is 16.0 Å². The average molecular weight is 459 g/mol. The van der Waals surface area contributed by atoms with Gasteiger partial charge in [0.2, 0.25) is 0 Å². The second-order valence-corrected chi connectivity index (χ2v) is 8.00. The summed E-state index contributed by atoms with van der Waals surface area (Å²) in [5, 5.41) is 9.97. The van der Waals surface area contributed by atoms with Crippen LogP contribution in [0.2, 0.25) is 10.0 Å². The van der Waals surface area contributed by atoms with Crippen molar-refractivity contribution < 1.29 is 9.59 Å². The Morgan fingerprint density at radius 1 is 1.00 bits per heavy atom. The van der Waals surface area contributed by atoms with Gasteiger partial charge in [-0.05, 0) is 43.5 Å². The van der Waals surface area contributed by atoms with Crippen LogP contribution in [-0.4, -0.2) is 23.0 Å². The number of aromatic nitrogens is 1. The topological polar surface area (TPSA) is 83.1 Å². The van der Waals surface area contributed by atoms with Gasteiger partial charge < -0.3 is 16.0 Å². The summed E-state index contributed by atoms with van der Waals surface area (Å²) in [6.45, 7) is 5.93. The first-order valence-electron chi connectivity index (χ1n) is 10.1. The first kappa shape index (κ1) is 22.8. The Morgan fingerprint density at radius 2 is 1.65 bits per heavy atom. The number of hydrogen-bond acceptors (Lipinski definition) is 3. The number of carbonyl (C=O) groups excluding carboxylic acids is 2. The number of halogens is 2. The smallest absolute Gasteiger partial charge is 0.319 e. The number of nitrogens with zero attached hydrogens (tertiary/aromatic N) is 1. The molecule has 0 aliphatic heterocycles. The highest BCUT2D eigenvalue weighted by Crippen LogP contribution is 2.31. The number of hydrogen-bond donors (Lipinski definition) is 3. The quantitative estimate of drug-likeness (QED) is 0.398. The van der Waals surface area contributed by atoms with E-state index in [2.05, 4.69) is 20.9 Å². The minimum atomic E-state index is -0.438. The Morgan fingerprint density at radius 3 is 2.29 bits per heavy atom. The second-order valence-electron chi connectivity index (χ2n) is 7.18. The summed E-state index contributed by atoms with van der Waals surface area (Å²) in [5.74, 6) is -0.438. The van der Waals surface area contributed by atoms with E-state index in [0.717, 1.165) is 18.4 Å². The molecule has 0 aliphatic rings. The summed E-state index contributed by atoms with van der Waals surface area (Å²) in [6.07, 6.45) is 3.36. The zero-order chi connectivity index (χ0) is 22.5. The van der Waals surface area contributed by atoms with Crippen molar-refractivity contribution in [2.24, 2.45) is 0 Å². The molecule has 0 fully saturated rings. The number of aryl methyl sites for hydroxylation is 1. The summed E-state index contributed by atoms with van der Waals surface area (Å²) in [7, 11) is 0. The fourth-order valence-electron chi connectivity index (χ4n) is 3.32. The summed E-state index contributed by atoms with van der Waals surface area (Å²) in [5.41, 5.74) is 2.67. The van der Waals surface area contributed by atoms with Gasteiger partial charge in [0, 0.05) is 17.6 Å². The maximum absolute atomic E-state index is 12.8. The average Bonchev–Trinajstić information content (AvgIpc) is 2.74. The summed E-state index contributed by atoms with van der Waals surface area (Å²) in [4.78, 5) is 29.8. The molecular formula is C23H24Cl2N4O2. The molecule has 3 N–H and O–H groups in total. The van der Waals surface area contributed by atoms with E-state index in [9.17, 15) is 9.59 Å². The van der Waals surface area contributed by atoms with Crippen LogP contribution in [-0.2, 0) is 0 Å². The minimum absolute atomic E-state index is 0.101. The third kappa shape index (κ3) is 5.09. The number of amides is 3. The molecule has 3 amide bonds. The van der Waals surface area contributed by atoms with Gasteiger partial charge in [0.15, 0.2) is 0 Å². The highest BCUT2D eigenvalue weighted by atomic mass is 35.5. The number of urea groups is 1. The van der Waals surface area contributed by atoms with Crippen LogP contribution in [0.15, 0.2) is 42.6 Å². The van der Waals surface area contributed by atoms with E-state index in [-0.39, 0.29) is 27.7 Å². The van der Waals surface area contributed by atoms with E-state index in [1.54, 1.807) is 36.5 Å². The predicted molar refractivity (Wildman–Crippen MR) is 127 cm³/mol. The summed E-state index contributed by atoms with van der Waals surface area (Å²) in [6, 6.07) is 10.1. The molecule has 2 aromatic carbocycles. The molecule has 0 radical (unpaired) electrons. The van der Waals surface area contributed by atoms with Gasteiger partial charge in [0.1, 0.15) is 0 Å². The Bertz CT molecular complexity index is 1110. The van der Waals surface area contributed by atoms with Gasteiger partial charge >= 0.3 is 6.03 Å². The predicted octanol–water partition coefficient (Wildman–Crippen LogP) is 6.41. The van der Waals surface area contributed by atoms with Gasteiger partial charge in [-0.3, -0.25) is 9.78 Å². The van der Waals surface area contributed by atoms with Gasteiger partial charge in [0.25, 0.3) is 5.91 Å². The van der Waals surface area contributed by atoms with Crippen molar-refractivity contribution in [3.05, 3.63) is 63.8 Å². The molecular weight excluding hydrogens is 435 g/mol. The fourth-order valence-corrected chi connectivity index (χ4v) is 3.89. The highest BCUT2D eigenvalue weighted by molar-refractivity contribution is 6.40. The van der Waals surface area contributed by atoms with Crippen molar-refractivity contribution in [2.45, 2.75) is 39.7 Å². The van der Waals surface area contributed by atoms with Crippen molar-refractivity contribution in [3.63, 3.8) is 0 Å². The van der Waals surface area contributed by atoms with Crippen molar-refractivity contribution in [2.75, 3.05) is 10.6 Å². The lowest BCUT2D eigenvalue weighted by Crippen LogP contribution is -2.37. The Hall–Kier alpha value is -2.83. The zero-order valence-electron chi connectivity index (χ0n) is 17.6. The molecule has 0 bridgehead atoms. The number of rotatable bonds is 6. The standard InChI is InChI=1S/C23H24Cl2N4O2/c1-4-14(5-2)27-23(31)29-20-13(3)12-26-21-15(20)8-6-11-18(21)28-22(30)19-16(24)9-7-10-17(19)25/h6-12,14H,4-5H2,1-3H3,(H,28,30)(H2,26,27,29,31). The van der Waals surface area contributed by atoms with Gasteiger partial charge in [-0.25, -0.2) is 4.79 Å².